The van der Waals surface area contributed by atoms with E-state index in [0.717, 1.165) is 17.7 Å². The highest BCUT2D eigenvalue weighted by molar-refractivity contribution is 6.06. The fourth-order valence-corrected chi connectivity index (χ4v) is 4.39. The molecule has 4 amide bonds. The molecular weight excluding hydrogens is 404 g/mol. The Morgan fingerprint density at radius 3 is 2.31 bits per heavy atom. The molecule has 4 rings (SSSR count). The second kappa shape index (κ2) is 9.53. The molecule has 0 aliphatic carbocycles. The van der Waals surface area contributed by atoms with Gasteiger partial charge < -0.3 is 10.6 Å². The summed E-state index contributed by atoms with van der Waals surface area (Å²) < 4.78 is 0. The maximum atomic E-state index is 13.1. The van der Waals surface area contributed by atoms with Crippen LogP contribution in [0.1, 0.15) is 31.7 Å². The lowest BCUT2D eigenvalue weighted by Crippen LogP contribution is -2.48. The third kappa shape index (κ3) is 4.99. The number of aryl methyl sites for hydroxylation is 1. The summed E-state index contributed by atoms with van der Waals surface area (Å²) in [6, 6.07) is 19.1. The number of nitrogens with one attached hydrogen (secondary N) is 2. The summed E-state index contributed by atoms with van der Waals surface area (Å²) >= 11 is 0. The highest BCUT2D eigenvalue weighted by atomic mass is 16.2. The number of carbonyl (C=O) groups is 3. The van der Waals surface area contributed by atoms with Crippen LogP contribution in [-0.2, 0) is 16.0 Å². The van der Waals surface area contributed by atoms with E-state index < -0.39 is 5.54 Å². The maximum absolute atomic E-state index is 13.1. The molecule has 2 aromatic rings. The van der Waals surface area contributed by atoms with E-state index in [1.807, 2.05) is 60.7 Å². The summed E-state index contributed by atoms with van der Waals surface area (Å²) in [6.07, 6.45) is 2.68. The van der Waals surface area contributed by atoms with Crippen molar-refractivity contribution >= 4 is 23.5 Å². The van der Waals surface area contributed by atoms with Gasteiger partial charge in [-0.25, -0.2) is 9.69 Å². The van der Waals surface area contributed by atoms with Gasteiger partial charge >= 0.3 is 6.03 Å². The van der Waals surface area contributed by atoms with E-state index in [9.17, 15) is 14.4 Å². The lowest BCUT2D eigenvalue weighted by atomic mass is 9.93. The van der Waals surface area contributed by atoms with Crippen LogP contribution in [0.3, 0.4) is 0 Å². The Kier molecular flexibility index (Phi) is 6.55. The first-order valence-corrected chi connectivity index (χ1v) is 11.2. The molecule has 0 radical (unpaired) electrons. The third-order valence-electron chi connectivity index (χ3n) is 6.44. The molecule has 2 fully saturated rings. The Hall–Kier alpha value is -3.19. The van der Waals surface area contributed by atoms with E-state index in [0.29, 0.717) is 32.4 Å². The highest BCUT2D eigenvalue weighted by Gasteiger charge is 2.47. The first-order chi connectivity index (χ1) is 15.4. The van der Waals surface area contributed by atoms with Crippen molar-refractivity contribution in [3.63, 3.8) is 0 Å². The largest absolute Gasteiger partial charge is 0.326 e. The zero-order valence-corrected chi connectivity index (χ0v) is 18.4. The van der Waals surface area contributed by atoms with Crippen LogP contribution in [0.5, 0.6) is 0 Å². The fourth-order valence-electron chi connectivity index (χ4n) is 4.39. The Balaban J connectivity index is 1.27. The minimum atomic E-state index is -0.888. The van der Waals surface area contributed by atoms with Crippen molar-refractivity contribution in [1.82, 2.24) is 15.1 Å². The van der Waals surface area contributed by atoms with Gasteiger partial charge in [0.15, 0.2) is 0 Å². The number of carbonyl (C=O) groups excluding carboxylic acids is 3. The minimum Gasteiger partial charge on any atom is -0.326 e. The minimum absolute atomic E-state index is 0.0272. The number of amides is 4. The van der Waals surface area contributed by atoms with Crippen LogP contribution in [0.25, 0.3) is 0 Å². The molecule has 32 heavy (non-hydrogen) atoms. The molecule has 168 valence electrons. The van der Waals surface area contributed by atoms with Crippen molar-refractivity contribution in [1.29, 1.82) is 0 Å². The first-order valence-electron chi connectivity index (χ1n) is 11.2. The molecule has 0 aromatic heterocycles. The van der Waals surface area contributed by atoms with E-state index in [1.54, 1.807) is 6.92 Å². The van der Waals surface area contributed by atoms with E-state index >= 15 is 0 Å². The number of nitrogens with zero attached hydrogens (tertiary/aromatic N) is 2. The molecule has 2 aromatic carbocycles. The van der Waals surface area contributed by atoms with Crippen molar-refractivity contribution < 1.29 is 14.4 Å². The summed E-state index contributed by atoms with van der Waals surface area (Å²) in [6.45, 7) is 3.41. The molecule has 0 bridgehead atoms. The topological polar surface area (TPSA) is 81.8 Å². The average molecular weight is 435 g/mol. The smallest absolute Gasteiger partial charge is 0.326 e. The van der Waals surface area contributed by atoms with Crippen LogP contribution in [-0.4, -0.2) is 52.9 Å². The standard InChI is InChI=1S/C25H30N4O3/c1-25(15-12-19-8-4-2-5-9-19)23(31)29(24(32)27-25)18-28-16-13-20(14-17-28)22(30)26-21-10-6-3-7-11-21/h2-11,20H,12-18H2,1H3,(H,26,30)(H,27,32). The molecule has 0 spiro atoms. The van der Waals surface area contributed by atoms with E-state index in [4.69, 9.17) is 0 Å². The zero-order chi connectivity index (χ0) is 22.6. The predicted octanol–water partition coefficient (Wildman–Crippen LogP) is 3.24. The second-order valence-corrected chi connectivity index (χ2v) is 8.87. The van der Waals surface area contributed by atoms with Gasteiger partial charge in [-0.1, -0.05) is 48.5 Å². The van der Waals surface area contributed by atoms with Crippen molar-refractivity contribution in [3.8, 4) is 0 Å². The van der Waals surface area contributed by atoms with Crippen molar-refractivity contribution in [2.24, 2.45) is 5.92 Å². The van der Waals surface area contributed by atoms with Gasteiger partial charge in [0, 0.05) is 24.7 Å². The summed E-state index contributed by atoms with van der Waals surface area (Å²) in [7, 11) is 0. The summed E-state index contributed by atoms with van der Waals surface area (Å²) in [5, 5.41) is 5.86. The molecule has 2 saturated heterocycles. The average Bonchev–Trinajstić information content (AvgIpc) is 3.03. The molecule has 7 nitrogen and oxygen atoms in total. The van der Waals surface area contributed by atoms with Crippen LogP contribution >= 0.6 is 0 Å². The monoisotopic (exact) mass is 434 g/mol. The van der Waals surface area contributed by atoms with Gasteiger partial charge in [0.1, 0.15) is 5.54 Å². The second-order valence-electron chi connectivity index (χ2n) is 8.87. The van der Waals surface area contributed by atoms with Crippen molar-refractivity contribution in [2.75, 3.05) is 25.1 Å². The number of hydrogen-bond donors (Lipinski definition) is 2. The lowest BCUT2D eigenvalue weighted by Gasteiger charge is -2.33. The van der Waals surface area contributed by atoms with Gasteiger partial charge in [0.2, 0.25) is 5.91 Å². The number of likely N-dealkylation sites (tertiary alicyclic amines) is 1. The first kappa shape index (κ1) is 22.0. The summed E-state index contributed by atoms with van der Waals surface area (Å²) in [5.74, 6) is -0.215. The van der Waals surface area contributed by atoms with Crippen LogP contribution in [0, 0.1) is 5.92 Å². The summed E-state index contributed by atoms with van der Waals surface area (Å²) in [5.41, 5.74) is 1.06. The normalized spacial score (nSPS) is 22.1. The van der Waals surface area contributed by atoms with Crippen LogP contribution < -0.4 is 10.6 Å². The predicted molar refractivity (Wildman–Crippen MR) is 123 cm³/mol. The molecule has 1 unspecified atom stereocenters. The Morgan fingerprint density at radius 2 is 1.66 bits per heavy atom. The number of benzene rings is 2. The molecule has 2 aliphatic rings. The Labute approximate surface area is 188 Å². The molecule has 2 aliphatic heterocycles. The number of anilines is 1. The summed E-state index contributed by atoms with van der Waals surface area (Å²) in [4.78, 5) is 41.6. The van der Waals surface area contributed by atoms with Crippen LogP contribution in [0.2, 0.25) is 0 Å². The quantitative estimate of drug-likeness (QED) is 0.656. The Bertz CT molecular complexity index is 958. The molecule has 2 N–H and O–H groups in total. The number of hydrogen-bond acceptors (Lipinski definition) is 4. The zero-order valence-electron chi connectivity index (χ0n) is 18.4. The van der Waals surface area contributed by atoms with Gasteiger partial charge in [-0.05, 0) is 50.3 Å². The van der Waals surface area contributed by atoms with Gasteiger partial charge in [0.05, 0.1) is 6.67 Å². The van der Waals surface area contributed by atoms with Crippen LogP contribution in [0.4, 0.5) is 10.5 Å². The van der Waals surface area contributed by atoms with Crippen molar-refractivity contribution in [2.45, 2.75) is 38.1 Å². The number of para-hydroxylation sites is 1. The lowest BCUT2D eigenvalue weighted by molar-refractivity contribution is -0.133. The Morgan fingerprint density at radius 1 is 1.03 bits per heavy atom. The van der Waals surface area contributed by atoms with E-state index in [-0.39, 0.29) is 30.4 Å². The number of rotatable bonds is 7. The molecular formula is C25H30N4O3. The van der Waals surface area contributed by atoms with Crippen molar-refractivity contribution in [3.05, 3.63) is 66.2 Å². The van der Waals surface area contributed by atoms with Crippen LogP contribution in [0.15, 0.2) is 60.7 Å². The maximum Gasteiger partial charge on any atom is 0.326 e. The van der Waals surface area contributed by atoms with E-state index in [1.165, 1.54) is 4.90 Å². The fraction of sp³-hybridized carbons (Fsp3) is 0.400. The van der Waals surface area contributed by atoms with Gasteiger partial charge in [-0.2, -0.15) is 0 Å². The highest BCUT2D eigenvalue weighted by Crippen LogP contribution is 2.25. The van der Waals surface area contributed by atoms with Gasteiger partial charge in [0.25, 0.3) is 5.91 Å². The molecule has 7 heteroatoms. The van der Waals surface area contributed by atoms with Gasteiger partial charge in [-0.3, -0.25) is 14.5 Å². The number of imide groups is 1. The molecule has 2 heterocycles. The molecule has 0 saturated carbocycles. The third-order valence-corrected chi connectivity index (χ3v) is 6.44. The molecule has 1 atom stereocenters. The number of urea groups is 1. The SMILES string of the molecule is CC1(CCc2ccccc2)NC(=O)N(CN2CCC(C(=O)Nc3ccccc3)CC2)C1=O. The number of piperidine rings is 1. The van der Waals surface area contributed by atoms with E-state index in [2.05, 4.69) is 15.5 Å². The van der Waals surface area contributed by atoms with Gasteiger partial charge in [-0.15, -0.1) is 0 Å².